The normalized spacial score (nSPS) is 21.4. The molecule has 3 aromatic heterocycles. The van der Waals surface area contributed by atoms with Gasteiger partial charge in [-0.05, 0) is 36.8 Å². The zero-order valence-corrected chi connectivity index (χ0v) is 24.6. The number of nitrogens with one attached hydrogen (secondary N) is 1. The van der Waals surface area contributed by atoms with Crippen LogP contribution in [0.1, 0.15) is 53.5 Å². The molecule has 1 fully saturated rings. The molecule has 4 aromatic rings. The number of aromatic nitrogens is 4. The summed E-state index contributed by atoms with van der Waals surface area (Å²) in [6.45, 7) is 9.60. The maximum Gasteiger partial charge on any atom is 0.254 e. The summed E-state index contributed by atoms with van der Waals surface area (Å²) in [5, 5.41) is 8.10. The van der Waals surface area contributed by atoms with Crippen molar-refractivity contribution in [3.63, 3.8) is 0 Å². The molecule has 0 spiro atoms. The zero-order valence-electron chi connectivity index (χ0n) is 24.6. The van der Waals surface area contributed by atoms with Gasteiger partial charge in [-0.25, -0.2) is 13.9 Å². The van der Waals surface area contributed by atoms with Gasteiger partial charge >= 0.3 is 0 Å². The van der Waals surface area contributed by atoms with Crippen LogP contribution in [0.25, 0.3) is 5.65 Å². The molecule has 0 saturated carbocycles. The summed E-state index contributed by atoms with van der Waals surface area (Å²) in [6.07, 6.45) is 5.50. The van der Waals surface area contributed by atoms with E-state index in [1.54, 1.807) is 36.9 Å². The van der Waals surface area contributed by atoms with E-state index in [9.17, 15) is 14.0 Å². The molecule has 0 aliphatic carbocycles. The molecular formula is C32H35FN8O2. The number of piperazine rings is 1. The fourth-order valence-electron chi connectivity index (χ4n) is 6.88. The van der Waals surface area contributed by atoms with Crippen LogP contribution in [0.5, 0.6) is 0 Å². The van der Waals surface area contributed by atoms with Gasteiger partial charge in [0.25, 0.3) is 5.91 Å². The fourth-order valence-corrected chi connectivity index (χ4v) is 6.88. The zero-order chi connectivity index (χ0) is 29.9. The summed E-state index contributed by atoms with van der Waals surface area (Å²) < 4.78 is 15.4. The predicted octanol–water partition coefficient (Wildman–Crippen LogP) is 2.80. The van der Waals surface area contributed by atoms with E-state index in [0.29, 0.717) is 44.7 Å². The van der Waals surface area contributed by atoms with Crippen LogP contribution in [0, 0.1) is 5.82 Å². The summed E-state index contributed by atoms with van der Waals surface area (Å²) in [6, 6.07) is 10.5. The van der Waals surface area contributed by atoms with Crippen LogP contribution in [0.3, 0.4) is 0 Å². The van der Waals surface area contributed by atoms with E-state index in [0.717, 1.165) is 33.7 Å². The minimum absolute atomic E-state index is 0.00622. The van der Waals surface area contributed by atoms with Gasteiger partial charge in [0.2, 0.25) is 5.91 Å². The third-order valence-electron chi connectivity index (χ3n) is 8.97. The quantitative estimate of drug-likeness (QED) is 0.373. The number of anilines is 1. The topological polar surface area (TPSA) is 99.0 Å². The van der Waals surface area contributed by atoms with Gasteiger partial charge in [0.15, 0.2) is 5.65 Å². The first kappa shape index (κ1) is 27.6. The second kappa shape index (κ2) is 10.5. The molecule has 0 radical (unpaired) electrons. The molecule has 10 nitrogen and oxygen atoms in total. The lowest BCUT2D eigenvalue weighted by molar-refractivity contribution is -0.120. The van der Waals surface area contributed by atoms with E-state index in [1.807, 2.05) is 14.3 Å². The maximum atomic E-state index is 14.2. The molecule has 7 rings (SSSR count). The van der Waals surface area contributed by atoms with Crippen molar-refractivity contribution >= 4 is 23.1 Å². The summed E-state index contributed by atoms with van der Waals surface area (Å²) in [7, 11) is 0. The lowest BCUT2D eigenvalue weighted by Gasteiger charge is -2.41. The Morgan fingerprint density at radius 1 is 1.19 bits per heavy atom. The maximum absolute atomic E-state index is 14.2. The summed E-state index contributed by atoms with van der Waals surface area (Å²) in [5.41, 5.74) is 5.72. The molecule has 1 aromatic carbocycles. The Bertz CT molecular complexity index is 1720. The molecular weight excluding hydrogens is 547 g/mol. The lowest BCUT2D eigenvalue weighted by atomic mass is 9.90. The second-order valence-corrected chi connectivity index (χ2v) is 12.7. The van der Waals surface area contributed by atoms with Crippen molar-refractivity contribution in [2.24, 2.45) is 0 Å². The Hall–Kier alpha value is -4.22. The van der Waals surface area contributed by atoms with E-state index in [1.165, 1.54) is 12.1 Å². The van der Waals surface area contributed by atoms with Crippen molar-refractivity contribution in [3.8, 4) is 0 Å². The number of pyridine rings is 2. The minimum Gasteiger partial charge on any atom is -0.333 e. The molecule has 1 N–H and O–H groups in total. The van der Waals surface area contributed by atoms with Gasteiger partial charge in [0, 0.05) is 85.7 Å². The highest BCUT2D eigenvalue weighted by molar-refractivity contribution is 5.99. The van der Waals surface area contributed by atoms with Gasteiger partial charge < -0.3 is 15.1 Å². The fraction of sp³-hybridized carbons (Fsp3) is 0.406. The molecule has 2 amide bonds. The second-order valence-electron chi connectivity index (χ2n) is 12.7. The Kier molecular flexibility index (Phi) is 6.74. The third kappa shape index (κ3) is 4.96. The van der Waals surface area contributed by atoms with Crippen molar-refractivity contribution in [3.05, 3.63) is 88.9 Å². The predicted molar refractivity (Wildman–Crippen MR) is 159 cm³/mol. The van der Waals surface area contributed by atoms with E-state index < -0.39 is 0 Å². The van der Waals surface area contributed by atoms with Crippen molar-refractivity contribution in [1.82, 2.24) is 34.7 Å². The van der Waals surface area contributed by atoms with Gasteiger partial charge in [-0.2, -0.15) is 5.10 Å². The van der Waals surface area contributed by atoms with Crippen LogP contribution in [-0.4, -0.2) is 86.0 Å². The molecule has 6 heterocycles. The van der Waals surface area contributed by atoms with Gasteiger partial charge in [0.1, 0.15) is 12.1 Å². The number of nitrogens with zero attached hydrogens (tertiary/aromatic N) is 7. The molecule has 43 heavy (non-hydrogen) atoms. The number of fused-ring (bicyclic) bond motifs is 4. The Balaban J connectivity index is 1.16. The summed E-state index contributed by atoms with van der Waals surface area (Å²) in [5.74, 6) is -0.249. The van der Waals surface area contributed by atoms with Crippen LogP contribution in [0.4, 0.5) is 10.1 Å². The lowest BCUT2D eigenvalue weighted by Crippen LogP contribution is -2.60. The molecule has 2 atom stereocenters. The first-order valence-electron chi connectivity index (χ1n) is 14.8. The Morgan fingerprint density at radius 2 is 2.00 bits per heavy atom. The highest BCUT2D eigenvalue weighted by atomic mass is 19.1. The number of rotatable bonds is 6. The van der Waals surface area contributed by atoms with Gasteiger partial charge in [-0.1, -0.05) is 26.0 Å². The number of amides is 2. The highest BCUT2D eigenvalue weighted by Crippen LogP contribution is 2.42. The molecule has 0 unspecified atom stereocenters. The minimum atomic E-state index is -0.344. The SMILES string of the molecule is C[C@@H]1CN(CC(=O)N2CC(C)(C)c3c2cc(Cc2ccc(F)cc2)c2ncnn32)[C@@H](CN2Cc3cnccc3C2=O)CN1. The van der Waals surface area contributed by atoms with Gasteiger partial charge in [-0.3, -0.25) is 19.5 Å². The average molecular weight is 583 g/mol. The number of hydrogen-bond donors (Lipinski definition) is 1. The Labute approximate surface area is 249 Å². The molecule has 3 aliphatic heterocycles. The van der Waals surface area contributed by atoms with E-state index >= 15 is 0 Å². The van der Waals surface area contributed by atoms with Gasteiger partial charge in [-0.15, -0.1) is 0 Å². The van der Waals surface area contributed by atoms with Gasteiger partial charge in [0.05, 0.1) is 17.9 Å². The van der Waals surface area contributed by atoms with Crippen molar-refractivity contribution < 1.29 is 14.0 Å². The summed E-state index contributed by atoms with van der Waals surface area (Å²) in [4.78, 5) is 42.0. The number of benzene rings is 1. The number of carbonyl (C=O) groups is 2. The molecule has 222 valence electrons. The van der Waals surface area contributed by atoms with E-state index in [-0.39, 0.29) is 41.7 Å². The van der Waals surface area contributed by atoms with Crippen LogP contribution < -0.4 is 10.2 Å². The number of halogens is 1. The Morgan fingerprint density at radius 3 is 2.79 bits per heavy atom. The van der Waals surface area contributed by atoms with Crippen molar-refractivity contribution in [2.45, 2.75) is 51.2 Å². The smallest absolute Gasteiger partial charge is 0.254 e. The monoisotopic (exact) mass is 582 g/mol. The average Bonchev–Trinajstić information content (AvgIpc) is 3.66. The van der Waals surface area contributed by atoms with E-state index in [2.05, 4.69) is 52.1 Å². The number of carbonyl (C=O) groups excluding carboxylic acids is 2. The molecule has 11 heteroatoms. The van der Waals surface area contributed by atoms with Crippen LogP contribution in [0.2, 0.25) is 0 Å². The van der Waals surface area contributed by atoms with Crippen LogP contribution >= 0.6 is 0 Å². The largest absolute Gasteiger partial charge is 0.333 e. The van der Waals surface area contributed by atoms with Crippen molar-refractivity contribution in [1.29, 1.82) is 0 Å². The first-order valence-corrected chi connectivity index (χ1v) is 14.8. The number of hydrogen-bond acceptors (Lipinski definition) is 7. The standard InChI is InChI=1S/C32H35FN8O2/c1-20-14-38(25(13-35-20)16-39-15-23-12-34-9-8-26(23)31(39)43)17-28(42)40-18-32(2,3)29-27(40)11-22(30-36-19-37-41(29)30)10-21-4-6-24(33)7-5-21/h4-9,11-12,19-20,25,35H,10,13-18H2,1-3H3/t20-,25-/m1/s1. The third-order valence-corrected chi connectivity index (χ3v) is 8.97. The van der Waals surface area contributed by atoms with Crippen molar-refractivity contribution in [2.75, 3.05) is 37.6 Å². The van der Waals surface area contributed by atoms with E-state index in [4.69, 9.17) is 0 Å². The first-order chi connectivity index (χ1) is 20.7. The molecule has 1 saturated heterocycles. The highest BCUT2D eigenvalue weighted by Gasteiger charge is 2.42. The molecule has 3 aliphatic rings. The van der Waals surface area contributed by atoms with Crippen LogP contribution in [0.15, 0.2) is 55.1 Å². The van der Waals surface area contributed by atoms with Crippen LogP contribution in [-0.2, 0) is 23.2 Å². The molecule has 0 bridgehead atoms. The summed E-state index contributed by atoms with van der Waals surface area (Å²) >= 11 is 0.